The average Bonchev–Trinajstić information content (AvgIpc) is 3.13. The number of amides is 2. The molecule has 1 fully saturated rings. The number of nitrogens with zero attached hydrogens (tertiary/aromatic N) is 3. The van der Waals surface area contributed by atoms with Gasteiger partial charge in [0, 0.05) is 29.0 Å². The van der Waals surface area contributed by atoms with Crippen LogP contribution in [0.25, 0.3) is 11.3 Å². The van der Waals surface area contributed by atoms with E-state index in [0.717, 1.165) is 47.4 Å². The number of likely N-dealkylation sites (tertiary alicyclic amines) is 1. The van der Waals surface area contributed by atoms with Crippen molar-refractivity contribution < 1.29 is 9.53 Å². The largest absolute Gasteiger partial charge is 0.493 e. The van der Waals surface area contributed by atoms with Crippen molar-refractivity contribution in [2.45, 2.75) is 12.8 Å². The molecule has 3 aromatic rings. The van der Waals surface area contributed by atoms with Gasteiger partial charge in [-0.1, -0.05) is 11.6 Å². The van der Waals surface area contributed by atoms with Gasteiger partial charge in [0.15, 0.2) is 0 Å². The molecule has 0 unspecified atom stereocenters. The number of urea groups is 1. The van der Waals surface area contributed by atoms with Crippen molar-refractivity contribution in [1.82, 2.24) is 14.7 Å². The van der Waals surface area contributed by atoms with Gasteiger partial charge in [-0.3, -0.25) is 4.68 Å². The number of carbonyl (C=O) groups is 1. The fourth-order valence-electron chi connectivity index (χ4n) is 3.90. The van der Waals surface area contributed by atoms with E-state index in [2.05, 4.69) is 43.6 Å². The highest BCUT2D eigenvalue weighted by Crippen LogP contribution is 2.37. The molecule has 2 heterocycles. The van der Waals surface area contributed by atoms with Crippen molar-refractivity contribution in [2.75, 3.05) is 37.4 Å². The molecule has 174 valence electrons. The maximum atomic E-state index is 12.5. The van der Waals surface area contributed by atoms with Gasteiger partial charge in [-0.15, -0.1) is 0 Å². The van der Waals surface area contributed by atoms with E-state index in [1.165, 1.54) is 0 Å². The van der Waals surface area contributed by atoms with Gasteiger partial charge in [-0.25, -0.2) is 4.79 Å². The van der Waals surface area contributed by atoms with Crippen LogP contribution in [0.1, 0.15) is 12.8 Å². The standard InChI is InChI=1S/C24H27BrClN5O2/c1-30-11-9-16(10-12-30)15-33-22-8-7-19(13-20(22)23-21(25)14-27-31(23)2)29-24(32)28-18-5-3-17(26)4-6-18/h3-8,13-14,16H,9-12,15H2,1-2H3,(H2,28,29,32). The van der Waals surface area contributed by atoms with Gasteiger partial charge in [-0.2, -0.15) is 5.10 Å². The molecule has 0 aliphatic carbocycles. The number of hydrogen-bond donors (Lipinski definition) is 2. The monoisotopic (exact) mass is 531 g/mol. The second kappa shape index (κ2) is 10.6. The summed E-state index contributed by atoms with van der Waals surface area (Å²) in [5.41, 5.74) is 3.05. The second-order valence-electron chi connectivity index (χ2n) is 8.32. The summed E-state index contributed by atoms with van der Waals surface area (Å²) in [4.78, 5) is 14.9. The number of nitrogens with one attached hydrogen (secondary N) is 2. The van der Waals surface area contributed by atoms with E-state index >= 15 is 0 Å². The molecule has 1 aromatic heterocycles. The third kappa shape index (κ3) is 6.07. The topological polar surface area (TPSA) is 71.4 Å². The molecule has 1 aliphatic rings. The summed E-state index contributed by atoms with van der Waals surface area (Å²) in [5, 5.41) is 10.7. The van der Waals surface area contributed by atoms with Crippen LogP contribution in [0.15, 0.2) is 53.1 Å². The van der Waals surface area contributed by atoms with E-state index in [-0.39, 0.29) is 6.03 Å². The highest BCUT2D eigenvalue weighted by molar-refractivity contribution is 9.10. The van der Waals surface area contributed by atoms with Crippen LogP contribution in [0, 0.1) is 5.92 Å². The average molecular weight is 533 g/mol. The summed E-state index contributed by atoms with van der Waals surface area (Å²) in [6, 6.07) is 12.3. The first-order chi connectivity index (χ1) is 15.9. The molecule has 33 heavy (non-hydrogen) atoms. The predicted octanol–water partition coefficient (Wildman–Crippen LogP) is 5.87. The Bertz CT molecular complexity index is 1090. The van der Waals surface area contributed by atoms with Crippen molar-refractivity contribution in [1.29, 1.82) is 0 Å². The lowest BCUT2D eigenvalue weighted by Crippen LogP contribution is -2.32. The zero-order valence-corrected chi connectivity index (χ0v) is 21.0. The van der Waals surface area contributed by atoms with Gasteiger partial charge in [0.25, 0.3) is 0 Å². The minimum atomic E-state index is -0.340. The number of hydrogen-bond acceptors (Lipinski definition) is 4. The molecule has 1 aliphatic heterocycles. The van der Waals surface area contributed by atoms with Gasteiger partial charge in [-0.05, 0) is 97.3 Å². The third-order valence-electron chi connectivity index (χ3n) is 5.80. The summed E-state index contributed by atoms with van der Waals surface area (Å²) < 4.78 is 8.94. The van der Waals surface area contributed by atoms with Crippen LogP contribution >= 0.6 is 27.5 Å². The van der Waals surface area contributed by atoms with Gasteiger partial charge < -0.3 is 20.3 Å². The number of halogens is 2. The summed E-state index contributed by atoms with van der Waals surface area (Å²) in [6.07, 6.45) is 4.01. The summed E-state index contributed by atoms with van der Waals surface area (Å²) in [7, 11) is 4.04. The molecule has 2 amide bonds. The molecule has 0 radical (unpaired) electrons. The fraction of sp³-hybridized carbons (Fsp3) is 0.333. The Morgan fingerprint density at radius 3 is 2.45 bits per heavy atom. The Labute approximate surface area is 207 Å². The smallest absolute Gasteiger partial charge is 0.323 e. The number of ether oxygens (including phenoxy) is 1. The highest BCUT2D eigenvalue weighted by atomic mass is 79.9. The number of benzene rings is 2. The van der Waals surface area contributed by atoms with Crippen molar-refractivity contribution in [3.8, 4) is 17.0 Å². The first kappa shape index (κ1) is 23.6. The molecule has 4 rings (SSSR count). The molecule has 0 saturated carbocycles. The van der Waals surface area contributed by atoms with Gasteiger partial charge in [0.1, 0.15) is 5.75 Å². The van der Waals surface area contributed by atoms with Crippen LogP contribution in [0.4, 0.5) is 16.2 Å². The second-order valence-corrected chi connectivity index (χ2v) is 9.61. The Morgan fingerprint density at radius 1 is 1.12 bits per heavy atom. The maximum Gasteiger partial charge on any atom is 0.323 e. The number of rotatable bonds is 6. The van der Waals surface area contributed by atoms with Crippen LogP contribution in [0.2, 0.25) is 5.02 Å². The molecule has 2 N–H and O–H groups in total. The van der Waals surface area contributed by atoms with E-state index < -0.39 is 0 Å². The Balaban J connectivity index is 1.52. The number of anilines is 2. The molecular weight excluding hydrogens is 506 g/mol. The molecule has 0 bridgehead atoms. The Kier molecular flexibility index (Phi) is 7.57. The van der Waals surface area contributed by atoms with Crippen molar-refractivity contribution in [2.24, 2.45) is 13.0 Å². The summed E-state index contributed by atoms with van der Waals surface area (Å²) in [5.74, 6) is 1.30. The van der Waals surface area contributed by atoms with E-state index in [9.17, 15) is 4.79 Å². The number of piperidine rings is 1. The van der Waals surface area contributed by atoms with Crippen LogP contribution in [-0.4, -0.2) is 47.5 Å². The molecule has 0 spiro atoms. The Morgan fingerprint density at radius 2 is 1.79 bits per heavy atom. The van der Waals surface area contributed by atoms with E-state index in [4.69, 9.17) is 16.3 Å². The summed E-state index contributed by atoms with van der Waals surface area (Å²) >= 11 is 9.51. The van der Waals surface area contributed by atoms with E-state index in [1.807, 2.05) is 25.2 Å². The highest BCUT2D eigenvalue weighted by Gasteiger charge is 2.20. The predicted molar refractivity (Wildman–Crippen MR) is 136 cm³/mol. The SMILES string of the molecule is CN1CCC(COc2ccc(NC(=O)Nc3ccc(Cl)cc3)cc2-c2c(Br)cnn2C)CC1. The first-order valence-electron chi connectivity index (χ1n) is 10.9. The van der Waals surface area contributed by atoms with Gasteiger partial charge in [0.2, 0.25) is 0 Å². The molecule has 2 aromatic carbocycles. The molecular formula is C24H27BrClN5O2. The van der Waals surface area contributed by atoms with E-state index in [1.54, 1.807) is 35.1 Å². The minimum absolute atomic E-state index is 0.340. The fourth-order valence-corrected chi connectivity index (χ4v) is 4.58. The maximum absolute atomic E-state index is 12.5. The number of aryl methyl sites for hydroxylation is 1. The van der Waals surface area contributed by atoms with Gasteiger partial charge >= 0.3 is 6.03 Å². The number of carbonyl (C=O) groups excluding carboxylic acids is 1. The van der Waals surface area contributed by atoms with Crippen LogP contribution in [0.3, 0.4) is 0 Å². The zero-order chi connectivity index (χ0) is 23.4. The quantitative estimate of drug-likeness (QED) is 0.417. The van der Waals surface area contributed by atoms with Gasteiger partial charge in [0.05, 0.1) is 23.0 Å². The zero-order valence-electron chi connectivity index (χ0n) is 18.6. The van der Waals surface area contributed by atoms with E-state index in [0.29, 0.717) is 28.9 Å². The lowest BCUT2D eigenvalue weighted by molar-refractivity contribution is 0.160. The molecule has 1 saturated heterocycles. The van der Waals surface area contributed by atoms with Crippen LogP contribution in [0.5, 0.6) is 5.75 Å². The normalized spacial score (nSPS) is 14.8. The van der Waals surface area contributed by atoms with Crippen molar-refractivity contribution >= 4 is 44.9 Å². The number of aromatic nitrogens is 2. The lowest BCUT2D eigenvalue weighted by atomic mass is 9.98. The lowest BCUT2D eigenvalue weighted by Gasteiger charge is -2.29. The molecule has 9 heteroatoms. The van der Waals surface area contributed by atoms with Crippen LogP contribution in [-0.2, 0) is 7.05 Å². The first-order valence-corrected chi connectivity index (χ1v) is 12.0. The van der Waals surface area contributed by atoms with Crippen molar-refractivity contribution in [3.63, 3.8) is 0 Å². The Hall–Kier alpha value is -2.55. The summed E-state index contributed by atoms with van der Waals surface area (Å²) in [6.45, 7) is 2.86. The van der Waals surface area contributed by atoms with Crippen LogP contribution < -0.4 is 15.4 Å². The minimum Gasteiger partial charge on any atom is -0.493 e. The van der Waals surface area contributed by atoms with Crippen molar-refractivity contribution in [3.05, 3.63) is 58.2 Å². The third-order valence-corrected chi connectivity index (χ3v) is 6.63. The molecule has 0 atom stereocenters. The molecule has 7 nitrogen and oxygen atoms in total.